The van der Waals surface area contributed by atoms with Crippen molar-refractivity contribution in [2.45, 2.75) is 55.1 Å². The first-order valence-electron chi connectivity index (χ1n) is 23.8. The summed E-state index contributed by atoms with van der Waals surface area (Å²) in [6.45, 7) is 0. The first kappa shape index (κ1) is 67.3. The zero-order valence-electron chi connectivity index (χ0n) is 43.9. The lowest BCUT2D eigenvalue weighted by Gasteiger charge is -2.17. The van der Waals surface area contributed by atoms with Crippen molar-refractivity contribution < 1.29 is 108 Å². The van der Waals surface area contributed by atoms with Crippen LogP contribution in [0, 0.1) is 60.7 Å². The summed E-state index contributed by atoms with van der Waals surface area (Å²) in [6, 6.07) is 17.5. The smallest absolute Gasteiger partial charge is 0.342 e. The maximum atomic E-state index is 12.3. The summed E-state index contributed by atoms with van der Waals surface area (Å²) in [5.41, 5.74) is -9.14. The van der Waals surface area contributed by atoms with Crippen LogP contribution in [0.1, 0.15) is 87.8 Å². The molecule has 2 fully saturated rings. The Bertz CT molecular complexity index is 3770. The minimum atomic E-state index is -1.73. The summed E-state index contributed by atoms with van der Waals surface area (Å²) in [5.74, 6) is -12.5. The lowest BCUT2D eigenvalue weighted by atomic mass is 10.1. The highest BCUT2D eigenvalue weighted by molar-refractivity contribution is 8.76. The lowest BCUT2D eigenvalue weighted by molar-refractivity contribution is -0.385. The van der Waals surface area contributed by atoms with Crippen molar-refractivity contribution in [1.82, 2.24) is 0 Å². The average molecular weight is 1320 g/mol. The Balaban J connectivity index is 0.000000225. The molecule has 2 aliphatic heterocycles. The Morgan fingerprint density at radius 1 is 0.322 bits per heavy atom. The van der Waals surface area contributed by atoms with Gasteiger partial charge in [-0.25, -0.2) is 38.6 Å². The van der Waals surface area contributed by atoms with Crippen LogP contribution in [0.5, 0.6) is 0 Å². The SMILES string of the molecule is O=C(O)c1cc(SSc2cc(C(=O)O)c([N+](=O)[O-])c(N3C(=O)CCC3=O)c2)cc(N2C(=O)CCC2=O)c1[N+](=O)[O-].O=C(O)c1cc(Sc2ccc([N+](=O)[O-])c(C(=O)O)c2)ccc1[N+](=O)[O-].O=C(O)c1cc(Sc2ccc([N+](=O)[O-])c(C(=O)O)c2)ccc1[N+](=O)[O-]. The highest BCUT2D eigenvalue weighted by atomic mass is 33.1. The predicted octanol–water partition coefficient (Wildman–Crippen LogP) is 9.11. The van der Waals surface area contributed by atoms with Crippen LogP contribution < -0.4 is 9.80 Å². The molecule has 0 aliphatic carbocycles. The summed E-state index contributed by atoms with van der Waals surface area (Å²) in [5, 5.41) is 122. The van der Waals surface area contributed by atoms with Crippen molar-refractivity contribution in [3.63, 3.8) is 0 Å². The zero-order chi connectivity index (χ0) is 66.9. The van der Waals surface area contributed by atoms with Crippen molar-refractivity contribution in [2.24, 2.45) is 0 Å². The van der Waals surface area contributed by atoms with Gasteiger partial charge in [0.1, 0.15) is 44.8 Å². The van der Waals surface area contributed by atoms with E-state index in [0.717, 1.165) is 118 Å². The minimum Gasteiger partial charge on any atom is -0.477 e. The van der Waals surface area contributed by atoms with Gasteiger partial charge in [-0.3, -0.25) is 79.9 Å². The number of hydrogen-bond acceptors (Lipinski definition) is 26. The van der Waals surface area contributed by atoms with E-state index in [0.29, 0.717) is 29.4 Å². The molecule has 4 amide bonds. The van der Waals surface area contributed by atoms with Gasteiger partial charge in [-0.05, 0) is 72.8 Å². The standard InChI is InChI=1S/C22H14N4O12S2.2C14H8N2O8S/c27-15-1-2-16(28)23(15)13-7-9(5-11(21(31)32)19(13)25(35)36)39-40-10-6-12(22(33)34)20(26(37)38)14(8-10)24-17(29)3-4-18(24)30;2*17-13(18)9-5-7(1-3-11(9)15(21)22)25-8-2-4-12(16(23)24)10(6-8)14(19)20/h5-8H,1-4H2,(H,31,32)(H,33,34);2*1-6H,(H,17,18)(H,19,20). The number of benzene rings is 6. The first-order chi connectivity index (χ1) is 42.2. The Labute approximate surface area is 512 Å². The molecular formula is C50H30N8O28S4. The molecule has 0 spiro atoms. The lowest BCUT2D eigenvalue weighted by Crippen LogP contribution is -2.30. The van der Waals surface area contributed by atoms with Crippen LogP contribution in [0.25, 0.3) is 0 Å². The Kier molecular flexibility index (Phi) is 21.1. The van der Waals surface area contributed by atoms with E-state index >= 15 is 0 Å². The molecule has 2 saturated heterocycles. The number of amides is 4. The molecule has 6 N–H and O–H groups in total. The molecule has 36 nitrogen and oxygen atoms in total. The second kappa shape index (κ2) is 28.2. The van der Waals surface area contributed by atoms with Gasteiger partial charge >= 0.3 is 47.2 Å². The normalized spacial score (nSPS) is 12.4. The van der Waals surface area contributed by atoms with Crippen molar-refractivity contribution in [3.05, 3.63) is 191 Å². The Hall–Kier alpha value is -11.8. The van der Waals surface area contributed by atoms with E-state index < -0.39 is 168 Å². The molecule has 2 heterocycles. The number of nitrogens with zero attached hydrogens (tertiary/aromatic N) is 8. The maximum Gasteiger partial charge on any atom is 0.342 e. The van der Waals surface area contributed by atoms with Crippen LogP contribution >= 0.6 is 45.1 Å². The second-order valence-corrected chi connectivity index (χ2v) is 22.0. The molecule has 6 aromatic rings. The number of anilines is 2. The number of nitro groups is 6. The highest BCUT2D eigenvalue weighted by Crippen LogP contribution is 2.47. The first-order valence-corrected chi connectivity index (χ1v) is 27.6. The monoisotopic (exact) mass is 1320 g/mol. The summed E-state index contributed by atoms with van der Waals surface area (Å²) in [6.07, 6.45) is -0.937. The third-order valence-corrected chi connectivity index (χ3v) is 16.1. The van der Waals surface area contributed by atoms with Crippen molar-refractivity contribution in [3.8, 4) is 0 Å². The maximum absolute atomic E-state index is 12.3. The van der Waals surface area contributed by atoms with Gasteiger partial charge in [0.15, 0.2) is 0 Å². The van der Waals surface area contributed by atoms with E-state index in [1.165, 1.54) is 24.3 Å². The van der Waals surface area contributed by atoms with Gasteiger partial charge in [-0.2, -0.15) is 0 Å². The Morgan fingerprint density at radius 2 is 0.533 bits per heavy atom. The van der Waals surface area contributed by atoms with Crippen LogP contribution in [0.4, 0.5) is 45.5 Å². The van der Waals surface area contributed by atoms with Crippen LogP contribution in [0.15, 0.2) is 126 Å². The fourth-order valence-electron chi connectivity index (χ4n) is 8.03. The van der Waals surface area contributed by atoms with Gasteiger partial charge < -0.3 is 30.6 Å². The van der Waals surface area contributed by atoms with E-state index in [1.54, 1.807) is 0 Å². The molecular weight excluding hydrogens is 1290 g/mol. The molecule has 6 aromatic carbocycles. The Morgan fingerprint density at radius 3 is 0.722 bits per heavy atom. The van der Waals surface area contributed by atoms with Crippen molar-refractivity contribution in [1.29, 1.82) is 0 Å². The molecule has 0 radical (unpaired) electrons. The fourth-order valence-corrected chi connectivity index (χ4v) is 11.8. The number of hydrogen-bond donors (Lipinski definition) is 6. The minimum absolute atomic E-state index is 0.0133. The van der Waals surface area contributed by atoms with Crippen LogP contribution in [-0.2, 0) is 19.2 Å². The summed E-state index contributed by atoms with van der Waals surface area (Å²) >= 11 is 1.84. The molecule has 8 rings (SSSR count). The van der Waals surface area contributed by atoms with E-state index in [-0.39, 0.29) is 35.5 Å². The van der Waals surface area contributed by atoms with Crippen LogP contribution in [0.3, 0.4) is 0 Å². The molecule has 0 saturated carbocycles. The van der Waals surface area contributed by atoms with Gasteiger partial charge in [0.05, 0.1) is 29.5 Å². The predicted molar refractivity (Wildman–Crippen MR) is 304 cm³/mol. The van der Waals surface area contributed by atoms with Crippen LogP contribution in [0.2, 0.25) is 0 Å². The number of carboxylic acids is 6. The van der Waals surface area contributed by atoms with Gasteiger partial charge in [0, 0.05) is 79.3 Å². The highest BCUT2D eigenvalue weighted by Gasteiger charge is 2.40. The number of imide groups is 2. The molecule has 40 heteroatoms. The van der Waals surface area contributed by atoms with E-state index in [1.807, 2.05) is 0 Å². The number of carbonyl (C=O) groups excluding carboxylic acids is 4. The number of nitro benzene ring substituents is 6. The molecule has 0 bridgehead atoms. The number of carboxylic acid groups (broad SMARTS) is 6. The largest absolute Gasteiger partial charge is 0.477 e. The molecule has 462 valence electrons. The summed E-state index contributed by atoms with van der Waals surface area (Å²) in [4.78, 5) is 181. The molecule has 0 aromatic heterocycles. The molecule has 0 atom stereocenters. The van der Waals surface area contributed by atoms with E-state index in [4.69, 9.17) is 20.4 Å². The van der Waals surface area contributed by atoms with E-state index in [9.17, 15) is 119 Å². The third-order valence-electron chi connectivity index (χ3n) is 11.8. The second-order valence-electron chi connectivity index (χ2n) is 17.4. The van der Waals surface area contributed by atoms with Gasteiger partial charge in [0.2, 0.25) is 23.6 Å². The summed E-state index contributed by atoms with van der Waals surface area (Å²) in [7, 11) is 1.44. The molecule has 2 aliphatic rings. The van der Waals surface area contributed by atoms with E-state index in [2.05, 4.69) is 0 Å². The van der Waals surface area contributed by atoms with Gasteiger partial charge in [-0.15, -0.1) is 0 Å². The fraction of sp³-hybridized carbons (Fsp3) is 0.0800. The van der Waals surface area contributed by atoms with Crippen molar-refractivity contribution in [2.75, 3.05) is 9.80 Å². The molecule has 90 heavy (non-hydrogen) atoms. The molecule has 0 unspecified atom stereocenters. The third kappa shape index (κ3) is 15.4. The zero-order valence-corrected chi connectivity index (χ0v) is 47.2. The number of aromatic carboxylic acids is 6. The number of rotatable bonds is 21. The quantitative estimate of drug-likeness (QED) is 0.0169. The van der Waals surface area contributed by atoms with Gasteiger partial charge in [0.25, 0.3) is 22.7 Å². The number of carbonyl (C=O) groups is 10. The van der Waals surface area contributed by atoms with Gasteiger partial charge in [-0.1, -0.05) is 45.1 Å². The topological polar surface area (TPSA) is 557 Å². The summed E-state index contributed by atoms with van der Waals surface area (Å²) < 4.78 is 0. The average Bonchev–Trinajstić information content (AvgIpc) is 1.41. The van der Waals surface area contributed by atoms with Crippen molar-refractivity contribution >= 4 is 150 Å². The van der Waals surface area contributed by atoms with Crippen LogP contribution in [-0.4, -0.2) is 120 Å².